The molecule has 0 radical (unpaired) electrons. The third kappa shape index (κ3) is 3.77. The van der Waals surface area contributed by atoms with E-state index in [1.54, 1.807) is 4.68 Å². The number of aryl methyl sites for hydroxylation is 1. The zero-order valence-corrected chi connectivity index (χ0v) is 19.8. The first-order valence-corrected chi connectivity index (χ1v) is 12.9. The van der Waals surface area contributed by atoms with Crippen molar-refractivity contribution in [1.82, 2.24) is 24.2 Å². The molecule has 3 fully saturated rings. The second kappa shape index (κ2) is 8.49. The number of imidazole rings is 1. The van der Waals surface area contributed by atoms with Crippen LogP contribution in [0.15, 0.2) is 30.5 Å². The number of likely N-dealkylation sites (tertiary alicyclic amines) is 1. The number of benzene rings is 1. The van der Waals surface area contributed by atoms with Crippen molar-refractivity contribution in [2.45, 2.75) is 69.9 Å². The van der Waals surface area contributed by atoms with E-state index < -0.39 is 0 Å². The molecule has 5 nitrogen and oxygen atoms in total. The second-order valence-electron chi connectivity index (χ2n) is 10.4. The summed E-state index contributed by atoms with van der Waals surface area (Å²) < 4.78 is 4.22. The maximum absolute atomic E-state index is 6.56. The minimum Gasteiger partial charge on any atom is -0.319 e. The average Bonchev–Trinajstić information content (AvgIpc) is 3.30. The number of fused-ring (bicyclic) bond motifs is 3. The molecule has 6 heteroatoms. The van der Waals surface area contributed by atoms with Crippen LogP contribution in [0.2, 0.25) is 5.02 Å². The van der Waals surface area contributed by atoms with E-state index in [1.807, 2.05) is 13.2 Å². The molecule has 3 heterocycles. The molecule has 0 spiro atoms. The summed E-state index contributed by atoms with van der Waals surface area (Å²) in [5, 5.41) is 5.32. The molecule has 170 valence electrons. The lowest BCUT2D eigenvalue weighted by atomic mass is 9.77. The predicted molar refractivity (Wildman–Crippen MR) is 130 cm³/mol. The lowest BCUT2D eigenvalue weighted by Crippen LogP contribution is -2.45. The van der Waals surface area contributed by atoms with Crippen molar-refractivity contribution in [3.63, 3.8) is 0 Å². The molecule has 1 aromatic carbocycles. The van der Waals surface area contributed by atoms with Gasteiger partial charge in [-0.1, -0.05) is 49.4 Å². The van der Waals surface area contributed by atoms with Crippen LogP contribution >= 0.6 is 11.6 Å². The molecular weight excluding hydrogens is 418 g/mol. The highest BCUT2D eigenvalue weighted by Crippen LogP contribution is 2.42. The molecule has 0 N–H and O–H groups in total. The maximum Gasteiger partial charge on any atom is 0.163 e. The lowest BCUT2D eigenvalue weighted by Gasteiger charge is -2.43. The number of para-hydroxylation sites is 2. The summed E-state index contributed by atoms with van der Waals surface area (Å²) in [6.45, 7) is 2.38. The third-order valence-electron chi connectivity index (χ3n) is 8.32. The van der Waals surface area contributed by atoms with E-state index in [9.17, 15) is 0 Å². The van der Waals surface area contributed by atoms with Gasteiger partial charge in [0.1, 0.15) is 5.69 Å². The van der Waals surface area contributed by atoms with E-state index in [4.69, 9.17) is 16.6 Å². The summed E-state index contributed by atoms with van der Waals surface area (Å²) >= 11 is 6.56. The summed E-state index contributed by atoms with van der Waals surface area (Å²) in [4.78, 5) is 7.81. The van der Waals surface area contributed by atoms with Crippen molar-refractivity contribution in [3.05, 3.63) is 35.5 Å². The fraction of sp³-hybridized carbons (Fsp3) is 0.615. The van der Waals surface area contributed by atoms with Crippen LogP contribution in [-0.4, -0.2) is 43.4 Å². The topological polar surface area (TPSA) is 38.9 Å². The molecule has 2 saturated carbocycles. The van der Waals surface area contributed by atoms with Gasteiger partial charge < -0.3 is 9.47 Å². The predicted octanol–water partition coefficient (Wildman–Crippen LogP) is 6.09. The summed E-state index contributed by atoms with van der Waals surface area (Å²) in [5.41, 5.74) is 3.03. The first-order valence-electron chi connectivity index (χ1n) is 12.6. The van der Waals surface area contributed by atoms with Gasteiger partial charge in [0, 0.05) is 38.4 Å². The van der Waals surface area contributed by atoms with Crippen LogP contribution in [0.5, 0.6) is 0 Å². The van der Waals surface area contributed by atoms with E-state index in [0.717, 1.165) is 34.9 Å². The Balaban J connectivity index is 1.25. The van der Waals surface area contributed by atoms with Crippen molar-refractivity contribution in [3.8, 4) is 11.5 Å². The minimum atomic E-state index is 0.442. The number of piperidine rings is 1. The van der Waals surface area contributed by atoms with Gasteiger partial charge in [-0.3, -0.25) is 4.68 Å². The Morgan fingerprint density at radius 2 is 1.62 bits per heavy atom. The average molecular weight is 452 g/mol. The molecule has 6 rings (SSSR count). The molecule has 3 aliphatic rings. The van der Waals surface area contributed by atoms with Crippen LogP contribution < -0.4 is 0 Å². The van der Waals surface area contributed by atoms with E-state index in [0.29, 0.717) is 11.1 Å². The molecule has 1 saturated heterocycles. The Morgan fingerprint density at radius 3 is 2.31 bits per heavy atom. The smallest absolute Gasteiger partial charge is 0.163 e. The van der Waals surface area contributed by atoms with Crippen LogP contribution in [0.3, 0.4) is 0 Å². The monoisotopic (exact) mass is 451 g/mol. The van der Waals surface area contributed by atoms with Gasteiger partial charge >= 0.3 is 0 Å². The summed E-state index contributed by atoms with van der Waals surface area (Å²) in [6.07, 6.45) is 14.4. The lowest BCUT2D eigenvalue weighted by molar-refractivity contribution is 0.0719. The molecule has 0 unspecified atom stereocenters. The highest BCUT2D eigenvalue weighted by atomic mass is 35.5. The van der Waals surface area contributed by atoms with Crippen LogP contribution in [0.4, 0.5) is 0 Å². The molecule has 3 atom stereocenters. The number of rotatable bonds is 3. The van der Waals surface area contributed by atoms with Crippen LogP contribution in [-0.2, 0) is 7.05 Å². The Morgan fingerprint density at radius 1 is 0.906 bits per heavy atom. The van der Waals surface area contributed by atoms with Crippen molar-refractivity contribution >= 4 is 22.6 Å². The Kier molecular flexibility index (Phi) is 5.50. The van der Waals surface area contributed by atoms with E-state index in [1.165, 1.54) is 76.4 Å². The summed E-state index contributed by atoms with van der Waals surface area (Å²) in [5.74, 6) is 2.88. The number of nitrogens with zero attached hydrogens (tertiary/aromatic N) is 5. The van der Waals surface area contributed by atoms with Gasteiger partial charge in [-0.2, -0.15) is 5.10 Å². The normalized spacial score (nSPS) is 27.6. The Bertz CT molecular complexity index is 1080. The van der Waals surface area contributed by atoms with Crippen molar-refractivity contribution in [2.24, 2.45) is 18.9 Å². The fourth-order valence-electron chi connectivity index (χ4n) is 6.87. The Hall–Kier alpha value is -1.85. The van der Waals surface area contributed by atoms with Crippen molar-refractivity contribution < 1.29 is 0 Å². The van der Waals surface area contributed by atoms with Gasteiger partial charge in [-0.05, 0) is 56.1 Å². The van der Waals surface area contributed by atoms with E-state index in [2.05, 4.69) is 38.8 Å². The Labute approximate surface area is 195 Å². The SMILES string of the molecule is Cn1cc(Cl)c(-c2nc3ccccc3n2C2CCN([C@@H]3C[C@@H]4CCCC[C@@H](C4)C3)CC2)n1. The fourth-order valence-corrected chi connectivity index (χ4v) is 7.13. The van der Waals surface area contributed by atoms with Gasteiger partial charge in [-0.25, -0.2) is 4.98 Å². The molecule has 2 aromatic heterocycles. The number of hydrogen-bond acceptors (Lipinski definition) is 3. The maximum atomic E-state index is 6.56. The first kappa shape index (κ1) is 20.7. The minimum absolute atomic E-state index is 0.442. The van der Waals surface area contributed by atoms with Crippen molar-refractivity contribution in [1.29, 1.82) is 0 Å². The number of hydrogen-bond donors (Lipinski definition) is 0. The summed E-state index contributed by atoms with van der Waals surface area (Å²) in [7, 11) is 1.92. The third-order valence-corrected chi connectivity index (χ3v) is 8.60. The first-order chi connectivity index (χ1) is 15.7. The molecule has 2 bridgehead atoms. The quantitative estimate of drug-likeness (QED) is 0.484. The highest BCUT2D eigenvalue weighted by Gasteiger charge is 2.35. The van der Waals surface area contributed by atoms with Crippen LogP contribution in [0.25, 0.3) is 22.6 Å². The standard InChI is InChI=1S/C26H34ClN5/c1-30-17-22(27)25(29-30)26-28-23-8-4-5-9-24(23)32(26)20-10-12-31(13-11-20)21-15-18-6-2-3-7-19(14-18)16-21/h4-5,8-9,17-21H,2-3,6-7,10-16H2,1H3/t18-,19+,21-. The number of aromatic nitrogens is 4. The van der Waals surface area contributed by atoms with E-state index in [-0.39, 0.29) is 0 Å². The molecule has 32 heavy (non-hydrogen) atoms. The summed E-state index contributed by atoms with van der Waals surface area (Å²) in [6, 6.07) is 9.73. The molecule has 2 aliphatic carbocycles. The zero-order chi connectivity index (χ0) is 21.7. The van der Waals surface area contributed by atoms with Crippen LogP contribution in [0.1, 0.15) is 63.8 Å². The molecule has 3 aromatic rings. The molecule has 0 amide bonds. The van der Waals surface area contributed by atoms with Gasteiger partial charge in [0.2, 0.25) is 0 Å². The van der Waals surface area contributed by atoms with Gasteiger partial charge in [0.15, 0.2) is 5.82 Å². The van der Waals surface area contributed by atoms with Crippen LogP contribution in [0, 0.1) is 11.8 Å². The van der Waals surface area contributed by atoms with Crippen molar-refractivity contribution in [2.75, 3.05) is 13.1 Å². The van der Waals surface area contributed by atoms with Gasteiger partial charge in [0.25, 0.3) is 0 Å². The van der Waals surface area contributed by atoms with E-state index >= 15 is 0 Å². The molecule has 1 aliphatic heterocycles. The highest BCUT2D eigenvalue weighted by molar-refractivity contribution is 6.32. The van der Waals surface area contributed by atoms with Gasteiger partial charge in [-0.15, -0.1) is 0 Å². The second-order valence-corrected chi connectivity index (χ2v) is 10.8. The zero-order valence-electron chi connectivity index (χ0n) is 19.1. The van der Waals surface area contributed by atoms with Gasteiger partial charge in [0.05, 0.1) is 16.1 Å². The number of halogens is 1. The largest absolute Gasteiger partial charge is 0.319 e. The molecular formula is C26H34ClN5.